The molecule has 2 heterocycles. The lowest BCUT2D eigenvalue weighted by molar-refractivity contribution is -0.136. The molecule has 1 N–H and O–H groups in total. The third-order valence-corrected chi connectivity index (χ3v) is 6.49. The van der Waals surface area contributed by atoms with Gasteiger partial charge in [0.25, 0.3) is 0 Å². The highest BCUT2D eigenvalue weighted by Crippen LogP contribution is 2.28. The number of hydrogen-bond acceptors (Lipinski definition) is 5. The Balaban J connectivity index is 1.49. The van der Waals surface area contributed by atoms with Gasteiger partial charge >= 0.3 is 5.97 Å². The summed E-state index contributed by atoms with van der Waals surface area (Å²) in [5.41, 5.74) is 2.44. The highest BCUT2D eigenvalue weighted by molar-refractivity contribution is 7.88. The summed E-state index contributed by atoms with van der Waals surface area (Å²) in [5.74, 6) is -2.68. The second kappa shape index (κ2) is 8.87. The van der Waals surface area contributed by atoms with Crippen LogP contribution < -0.4 is 4.74 Å². The van der Waals surface area contributed by atoms with Gasteiger partial charge < -0.3 is 9.84 Å². The summed E-state index contributed by atoms with van der Waals surface area (Å²) in [5, 5.41) is 8.81. The van der Waals surface area contributed by atoms with Crippen LogP contribution in [0.3, 0.4) is 0 Å². The molecule has 0 bridgehead atoms. The fourth-order valence-electron chi connectivity index (χ4n) is 3.63. The Morgan fingerprint density at radius 2 is 1.85 bits per heavy atom. The Bertz CT molecular complexity index is 1340. The zero-order valence-electron chi connectivity index (χ0n) is 17.6. The van der Waals surface area contributed by atoms with E-state index in [1.54, 1.807) is 12.1 Å². The monoisotopic (exact) mass is 474 g/mol. The number of carboxylic acids is 1. The second-order valence-corrected chi connectivity index (χ2v) is 9.76. The van der Waals surface area contributed by atoms with Crippen LogP contribution in [0.5, 0.6) is 5.88 Å². The van der Waals surface area contributed by atoms with Crippen LogP contribution in [0, 0.1) is 11.6 Å². The van der Waals surface area contributed by atoms with Crippen molar-refractivity contribution in [3.05, 3.63) is 82.4 Å². The average Bonchev–Trinajstić information content (AvgIpc) is 3.18. The summed E-state index contributed by atoms with van der Waals surface area (Å²) < 4.78 is 59.4. The Hall–Kier alpha value is -3.37. The first-order chi connectivity index (χ1) is 15.6. The Morgan fingerprint density at radius 1 is 1.09 bits per heavy atom. The van der Waals surface area contributed by atoms with Crippen molar-refractivity contribution in [1.82, 2.24) is 9.29 Å². The molecule has 10 heteroatoms. The van der Waals surface area contributed by atoms with E-state index in [0.717, 1.165) is 28.8 Å². The molecule has 2 aromatic carbocycles. The quantitative estimate of drug-likeness (QED) is 0.563. The minimum atomic E-state index is -3.28. The van der Waals surface area contributed by atoms with E-state index >= 15 is 0 Å². The van der Waals surface area contributed by atoms with Gasteiger partial charge in [-0.15, -0.1) is 0 Å². The molecule has 33 heavy (non-hydrogen) atoms. The molecule has 0 spiro atoms. The molecule has 0 aliphatic carbocycles. The lowest BCUT2D eigenvalue weighted by atomic mass is 10.0. The SMILES string of the molecule is CS(=O)(=O)N1Cc2ccc(COc3cccc(-c4cc(F)c(CC(=O)O)cc4F)n3)cc2C1. The summed E-state index contributed by atoms with van der Waals surface area (Å²) >= 11 is 0. The maximum absolute atomic E-state index is 14.5. The maximum atomic E-state index is 14.5. The molecule has 1 aliphatic rings. The van der Waals surface area contributed by atoms with E-state index in [9.17, 15) is 22.0 Å². The number of hydrogen-bond donors (Lipinski definition) is 1. The van der Waals surface area contributed by atoms with Crippen molar-refractivity contribution in [2.45, 2.75) is 26.1 Å². The first-order valence-electron chi connectivity index (χ1n) is 9.96. The van der Waals surface area contributed by atoms with Gasteiger partial charge in [0.2, 0.25) is 15.9 Å². The molecule has 1 aromatic heterocycles. The largest absolute Gasteiger partial charge is 0.481 e. The molecule has 1 aliphatic heterocycles. The number of sulfonamides is 1. The van der Waals surface area contributed by atoms with Crippen molar-refractivity contribution >= 4 is 16.0 Å². The minimum Gasteiger partial charge on any atom is -0.481 e. The van der Waals surface area contributed by atoms with Gasteiger partial charge in [0.05, 0.1) is 18.4 Å². The predicted octanol–water partition coefficient (Wildman–Crippen LogP) is 3.51. The van der Waals surface area contributed by atoms with E-state index in [2.05, 4.69) is 4.98 Å². The lowest BCUT2D eigenvalue weighted by Gasteiger charge is -2.10. The van der Waals surface area contributed by atoms with Crippen LogP contribution in [0.15, 0.2) is 48.5 Å². The molecule has 0 unspecified atom stereocenters. The first-order valence-corrected chi connectivity index (χ1v) is 11.8. The van der Waals surface area contributed by atoms with Gasteiger partial charge in [0, 0.05) is 30.3 Å². The number of nitrogens with zero attached hydrogens (tertiary/aromatic N) is 2. The van der Waals surface area contributed by atoms with E-state index in [-0.39, 0.29) is 29.3 Å². The van der Waals surface area contributed by atoms with Gasteiger partial charge in [-0.05, 0) is 34.9 Å². The summed E-state index contributed by atoms with van der Waals surface area (Å²) in [4.78, 5) is 15.0. The van der Waals surface area contributed by atoms with Crippen molar-refractivity contribution in [3.63, 3.8) is 0 Å². The van der Waals surface area contributed by atoms with Crippen molar-refractivity contribution in [1.29, 1.82) is 0 Å². The number of aliphatic carboxylic acids is 1. The standard InChI is InChI=1S/C23H20F2N2O5S/c1-33(30,31)27-11-15-6-5-14(7-17(15)12-27)13-32-22-4-2-3-21(26-22)18-10-19(24)16(8-20(18)25)9-23(28)29/h2-8,10H,9,11-13H2,1H3,(H,28,29). The number of pyridine rings is 1. The zero-order valence-corrected chi connectivity index (χ0v) is 18.4. The molecule has 0 saturated heterocycles. The normalized spacial score (nSPS) is 13.7. The van der Waals surface area contributed by atoms with E-state index in [1.807, 2.05) is 18.2 Å². The minimum absolute atomic E-state index is 0.106. The van der Waals surface area contributed by atoms with Crippen molar-refractivity contribution in [3.8, 4) is 17.1 Å². The molecule has 172 valence electrons. The van der Waals surface area contributed by atoms with Crippen LogP contribution in [-0.2, 0) is 40.9 Å². The molecule has 4 rings (SSSR count). The smallest absolute Gasteiger partial charge is 0.307 e. The highest BCUT2D eigenvalue weighted by atomic mass is 32.2. The number of ether oxygens (including phenoxy) is 1. The van der Waals surface area contributed by atoms with Crippen LogP contribution >= 0.6 is 0 Å². The molecular weight excluding hydrogens is 454 g/mol. The molecule has 0 radical (unpaired) electrons. The lowest BCUT2D eigenvalue weighted by Crippen LogP contribution is -2.23. The molecule has 3 aromatic rings. The highest BCUT2D eigenvalue weighted by Gasteiger charge is 2.25. The van der Waals surface area contributed by atoms with Crippen LogP contribution in [0.25, 0.3) is 11.3 Å². The summed E-state index contributed by atoms with van der Waals surface area (Å²) in [6, 6.07) is 12.0. The fraction of sp³-hybridized carbons (Fsp3) is 0.217. The Morgan fingerprint density at radius 3 is 2.58 bits per heavy atom. The fourth-order valence-corrected chi connectivity index (χ4v) is 4.37. The van der Waals surface area contributed by atoms with Crippen molar-refractivity contribution in [2.75, 3.05) is 6.26 Å². The van der Waals surface area contributed by atoms with Gasteiger partial charge in [-0.1, -0.05) is 24.3 Å². The summed E-state index contributed by atoms with van der Waals surface area (Å²) in [6.45, 7) is 0.793. The molecular formula is C23H20F2N2O5S. The van der Waals surface area contributed by atoms with Crippen molar-refractivity contribution in [2.24, 2.45) is 0 Å². The van der Waals surface area contributed by atoms with Gasteiger partial charge in [-0.2, -0.15) is 4.31 Å². The predicted molar refractivity (Wildman–Crippen MR) is 116 cm³/mol. The van der Waals surface area contributed by atoms with Crippen LogP contribution in [-0.4, -0.2) is 35.0 Å². The Kier molecular flexibility index (Phi) is 6.13. The van der Waals surface area contributed by atoms with Gasteiger partial charge in [0.1, 0.15) is 18.2 Å². The average molecular weight is 474 g/mol. The molecule has 0 saturated carbocycles. The number of fused-ring (bicyclic) bond motifs is 1. The zero-order chi connectivity index (χ0) is 23.8. The molecule has 0 fully saturated rings. The van der Waals surface area contributed by atoms with E-state index in [0.29, 0.717) is 13.1 Å². The maximum Gasteiger partial charge on any atom is 0.307 e. The molecule has 0 atom stereocenters. The van der Waals surface area contributed by atoms with E-state index in [1.165, 1.54) is 16.6 Å². The molecule has 0 amide bonds. The number of carboxylic acid groups (broad SMARTS) is 1. The van der Waals surface area contributed by atoms with E-state index < -0.39 is 34.0 Å². The number of aromatic nitrogens is 1. The number of rotatable bonds is 7. The number of halogens is 2. The molecule has 7 nitrogen and oxygen atoms in total. The van der Waals surface area contributed by atoms with Crippen LogP contribution in [0.1, 0.15) is 22.3 Å². The van der Waals surface area contributed by atoms with Crippen LogP contribution in [0.4, 0.5) is 8.78 Å². The van der Waals surface area contributed by atoms with Crippen LogP contribution in [0.2, 0.25) is 0 Å². The third-order valence-electron chi connectivity index (χ3n) is 5.30. The van der Waals surface area contributed by atoms with Gasteiger partial charge in [-0.25, -0.2) is 22.2 Å². The first kappa shape index (κ1) is 22.8. The van der Waals surface area contributed by atoms with Gasteiger partial charge in [0.15, 0.2) is 0 Å². The third kappa shape index (κ3) is 5.18. The summed E-state index contributed by atoms with van der Waals surface area (Å²) in [7, 11) is -3.28. The van der Waals surface area contributed by atoms with Crippen molar-refractivity contribution < 1.29 is 31.8 Å². The number of carbonyl (C=O) groups is 1. The number of benzene rings is 2. The Labute approximate surface area is 189 Å². The van der Waals surface area contributed by atoms with E-state index in [4.69, 9.17) is 9.84 Å². The topological polar surface area (TPSA) is 96.8 Å². The second-order valence-electron chi connectivity index (χ2n) is 7.78. The summed E-state index contributed by atoms with van der Waals surface area (Å²) in [6.07, 6.45) is 0.554. The van der Waals surface area contributed by atoms with Gasteiger partial charge in [-0.3, -0.25) is 4.79 Å².